The molecule has 2 rings (SSSR count). The maximum absolute atomic E-state index is 12.1. The lowest BCUT2D eigenvalue weighted by Crippen LogP contribution is -2.41. The van der Waals surface area contributed by atoms with Crippen molar-refractivity contribution in [2.75, 3.05) is 32.7 Å². The second kappa shape index (κ2) is 6.53. The van der Waals surface area contributed by atoms with Gasteiger partial charge in [-0.1, -0.05) is 19.8 Å². The highest BCUT2D eigenvalue weighted by molar-refractivity contribution is 5.78. The Hall–Kier alpha value is -0.610. The molecule has 1 aliphatic carbocycles. The minimum atomic E-state index is -0.0250. The zero-order chi connectivity index (χ0) is 13.0. The molecule has 1 unspecified atom stereocenters. The summed E-state index contributed by atoms with van der Waals surface area (Å²) in [6.07, 6.45) is 6.59. The number of hydrogen-bond donors (Lipinski definition) is 1. The van der Waals surface area contributed by atoms with Crippen molar-refractivity contribution in [1.82, 2.24) is 9.80 Å². The lowest BCUT2D eigenvalue weighted by Gasteiger charge is -2.27. The third-order valence-electron chi connectivity index (χ3n) is 4.46. The van der Waals surface area contributed by atoms with Crippen LogP contribution in [0.25, 0.3) is 0 Å². The normalized spacial score (nSPS) is 25.1. The van der Waals surface area contributed by atoms with Gasteiger partial charge in [-0.05, 0) is 19.3 Å². The van der Waals surface area contributed by atoms with E-state index in [0.717, 1.165) is 38.6 Å². The van der Waals surface area contributed by atoms with Crippen LogP contribution < -0.4 is 5.73 Å². The van der Waals surface area contributed by atoms with E-state index in [1.165, 1.54) is 25.7 Å². The average Bonchev–Trinajstić information content (AvgIpc) is 2.82. The molecule has 1 heterocycles. The molecule has 18 heavy (non-hydrogen) atoms. The van der Waals surface area contributed by atoms with Crippen molar-refractivity contribution < 1.29 is 4.79 Å². The van der Waals surface area contributed by atoms with Gasteiger partial charge in [-0.15, -0.1) is 0 Å². The molecule has 0 bridgehead atoms. The molecule has 0 aromatic rings. The molecule has 4 heteroatoms. The number of nitrogens with two attached hydrogens (primary N) is 1. The highest BCUT2D eigenvalue weighted by atomic mass is 16.2. The first kappa shape index (κ1) is 13.8. The minimum Gasteiger partial charge on any atom is -0.341 e. The van der Waals surface area contributed by atoms with Crippen molar-refractivity contribution in [3.8, 4) is 0 Å². The van der Waals surface area contributed by atoms with E-state index < -0.39 is 0 Å². The molecule has 1 atom stereocenters. The van der Waals surface area contributed by atoms with Crippen LogP contribution >= 0.6 is 0 Å². The van der Waals surface area contributed by atoms with E-state index in [9.17, 15) is 4.79 Å². The number of carbonyl (C=O) groups excluding carboxylic acids is 1. The fourth-order valence-corrected chi connectivity index (χ4v) is 3.20. The maximum atomic E-state index is 12.1. The molecule has 1 saturated heterocycles. The predicted octanol–water partition coefficient (Wildman–Crippen LogP) is 1.06. The lowest BCUT2D eigenvalue weighted by molar-refractivity contribution is -0.134. The molecule has 0 radical (unpaired) electrons. The quantitative estimate of drug-likeness (QED) is 0.818. The summed E-state index contributed by atoms with van der Waals surface area (Å²) in [5.41, 5.74) is 5.59. The van der Waals surface area contributed by atoms with Crippen LogP contribution in [-0.2, 0) is 4.79 Å². The van der Waals surface area contributed by atoms with Crippen LogP contribution in [0.1, 0.15) is 39.0 Å². The molecule has 2 aliphatic rings. The largest absolute Gasteiger partial charge is 0.341 e. The van der Waals surface area contributed by atoms with Gasteiger partial charge in [0.05, 0.1) is 0 Å². The third kappa shape index (κ3) is 3.23. The van der Waals surface area contributed by atoms with Crippen LogP contribution in [0, 0.1) is 5.92 Å². The Morgan fingerprint density at radius 2 is 1.89 bits per heavy atom. The molecule has 1 saturated carbocycles. The van der Waals surface area contributed by atoms with Gasteiger partial charge in [0.15, 0.2) is 0 Å². The van der Waals surface area contributed by atoms with Crippen molar-refractivity contribution in [3.05, 3.63) is 0 Å². The van der Waals surface area contributed by atoms with Crippen LogP contribution in [0.15, 0.2) is 0 Å². The smallest absolute Gasteiger partial charge is 0.226 e. The van der Waals surface area contributed by atoms with Crippen LogP contribution in [0.5, 0.6) is 0 Å². The summed E-state index contributed by atoms with van der Waals surface area (Å²) in [6.45, 7) is 6.40. The standard InChI is InChI=1S/C14H27N3O/c1-12(11-15)14(18)17-8-4-7-16(9-10-17)13-5-2-3-6-13/h12-13H,2-11,15H2,1H3. The van der Waals surface area contributed by atoms with Crippen LogP contribution in [0.3, 0.4) is 0 Å². The van der Waals surface area contributed by atoms with Gasteiger partial charge in [-0.2, -0.15) is 0 Å². The number of hydrogen-bond acceptors (Lipinski definition) is 3. The molecule has 1 aliphatic heterocycles. The van der Waals surface area contributed by atoms with E-state index in [4.69, 9.17) is 5.73 Å². The van der Waals surface area contributed by atoms with Crippen molar-refractivity contribution in [1.29, 1.82) is 0 Å². The van der Waals surface area contributed by atoms with Crippen molar-refractivity contribution in [3.63, 3.8) is 0 Å². The molecule has 104 valence electrons. The van der Waals surface area contributed by atoms with Gasteiger partial charge in [0.25, 0.3) is 0 Å². The molecule has 2 N–H and O–H groups in total. The first-order valence-corrected chi connectivity index (χ1v) is 7.45. The molecule has 4 nitrogen and oxygen atoms in total. The predicted molar refractivity (Wildman–Crippen MR) is 73.2 cm³/mol. The van der Waals surface area contributed by atoms with E-state index in [2.05, 4.69) is 4.90 Å². The second-order valence-corrected chi connectivity index (χ2v) is 5.79. The van der Waals surface area contributed by atoms with E-state index in [0.29, 0.717) is 6.54 Å². The monoisotopic (exact) mass is 253 g/mol. The Kier molecular flexibility index (Phi) is 5.01. The number of rotatable bonds is 3. The molecule has 0 aromatic heterocycles. The molecule has 2 fully saturated rings. The summed E-state index contributed by atoms with van der Waals surface area (Å²) in [5.74, 6) is 0.216. The summed E-state index contributed by atoms with van der Waals surface area (Å²) in [5, 5.41) is 0. The SMILES string of the molecule is CC(CN)C(=O)N1CCCN(C2CCCC2)CC1. The van der Waals surface area contributed by atoms with Gasteiger partial charge >= 0.3 is 0 Å². The van der Waals surface area contributed by atoms with E-state index >= 15 is 0 Å². The summed E-state index contributed by atoms with van der Waals surface area (Å²) in [6, 6.07) is 0.784. The zero-order valence-electron chi connectivity index (χ0n) is 11.6. The van der Waals surface area contributed by atoms with Gasteiger partial charge < -0.3 is 10.6 Å². The summed E-state index contributed by atoms with van der Waals surface area (Å²) in [4.78, 5) is 16.8. The van der Waals surface area contributed by atoms with Crippen LogP contribution in [0.4, 0.5) is 0 Å². The summed E-state index contributed by atoms with van der Waals surface area (Å²) >= 11 is 0. The van der Waals surface area contributed by atoms with Gasteiger partial charge in [0.1, 0.15) is 0 Å². The molecule has 0 aromatic carbocycles. The van der Waals surface area contributed by atoms with Crippen molar-refractivity contribution >= 4 is 5.91 Å². The highest BCUT2D eigenvalue weighted by Crippen LogP contribution is 2.24. The topological polar surface area (TPSA) is 49.6 Å². The Labute approximate surface area is 110 Å². The van der Waals surface area contributed by atoms with Gasteiger partial charge in [-0.3, -0.25) is 9.69 Å². The maximum Gasteiger partial charge on any atom is 0.226 e. The summed E-state index contributed by atoms with van der Waals surface area (Å²) < 4.78 is 0. The zero-order valence-corrected chi connectivity index (χ0v) is 11.6. The number of amides is 1. The van der Waals surface area contributed by atoms with E-state index in [-0.39, 0.29) is 11.8 Å². The molecule has 0 spiro atoms. The first-order valence-electron chi connectivity index (χ1n) is 7.45. The Bertz CT molecular complexity index is 276. The fraction of sp³-hybridized carbons (Fsp3) is 0.929. The highest BCUT2D eigenvalue weighted by Gasteiger charge is 2.27. The average molecular weight is 253 g/mol. The van der Waals surface area contributed by atoms with Gasteiger partial charge in [0.2, 0.25) is 5.91 Å². The van der Waals surface area contributed by atoms with E-state index in [1.807, 2.05) is 11.8 Å². The Morgan fingerprint density at radius 3 is 2.56 bits per heavy atom. The molecule has 1 amide bonds. The van der Waals surface area contributed by atoms with Gasteiger partial charge in [0, 0.05) is 44.7 Å². The fourth-order valence-electron chi connectivity index (χ4n) is 3.20. The van der Waals surface area contributed by atoms with Gasteiger partial charge in [-0.25, -0.2) is 0 Å². The second-order valence-electron chi connectivity index (χ2n) is 5.79. The Morgan fingerprint density at radius 1 is 1.17 bits per heavy atom. The van der Waals surface area contributed by atoms with E-state index in [1.54, 1.807) is 0 Å². The molecular weight excluding hydrogens is 226 g/mol. The summed E-state index contributed by atoms with van der Waals surface area (Å²) in [7, 11) is 0. The number of carbonyl (C=O) groups is 1. The third-order valence-corrected chi connectivity index (χ3v) is 4.46. The lowest BCUT2D eigenvalue weighted by atomic mass is 10.1. The van der Waals surface area contributed by atoms with Crippen LogP contribution in [-0.4, -0.2) is 54.5 Å². The number of nitrogens with zero attached hydrogens (tertiary/aromatic N) is 2. The minimum absolute atomic E-state index is 0.0250. The Balaban J connectivity index is 1.85. The van der Waals surface area contributed by atoms with Crippen molar-refractivity contribution in [2.24, 2.45) is 11.7 Å². The first-order chi connectivity index (χ1) is 8.72. The van der Waals surface area contributed by atoms with Crippen molar-refractivity contribution in [2.45, 2.75) is 45.1 Å². The molecular formula is C14H27N3O. The van der Waals surface area contributed by atoms with Crippen LogP contribution in [0.2, 0.25) is 0 Å².